The van der Waals surface area contributed by atoms with E-state index in [1.54, 1.807) is 13.0 Å². The molecule has 2 aromatic carbocycles. The molecule has 0 radical (unpaired) electrons. The minimum Gasteiger partial charge on any atom is -0.480 e. The van der Waals surface area contributed by atoms with Crippen LogP contribution in [0.15, 0.2) is 42.5 Å². The van der Waals surface area contributed by atoms with E-state index < -0.39 is 37.0 Å². The van der Waals surface area contributed by atoms with Crippen LogP contribution in [0.25, 0.3) is 0 Å². The molecule has 0 bridgehead atoms. The number of rotatable bonds is 20. The molecule has 2 amide bonds. The largest absolute Gasteiger partial charge is 0.480 e. The van der Waals surface area contributed by atoms with Crippen LogP contribution in [-0.4, -0.2) is 120 Å². The molecule has 16 heteroatoms. The molecule has 0 saturated carbocycles. The summed E-state index contributed by atoms with van der Waals surface area (Å²) >= 11 is 0. The molecule has 15 nitrogen and oxygen atoms in total. The van der Waals surface area contributed by atoms with Crippen molar-refractivity contribution in [3.8, 4) is 23.7 Å². The summed E-state index contributed by atoms with van der Waals surface area (Å²) < 4.78 is 10.7. The molecule has 2 aromatic rings. The Hall–Kier alpha value is -4.80. The molecule has 0 spiro atoms. The smallest absolute Gasteiger partial charge is 0.320 e. The number of carboxylic acid groups (broad SMARTS) is 3. The number of hydrogen-bond acceptors (Lipinski definition) is 8. The van der Waals surface area contributed by atoms with E-state index >= 15 is 0 Å². The van der Waals surface area contributed by atoms with Crippen LogP contribution in [0.1, 0.15) is 58.8 Å². The molecule has 0 heterocycles. The predicted molar refractivity (Wildman–Crippen MR) is 182 cm³/mol. The Morgan fingerprint density at radius 3 is 1.92 bits per heavy atom. The van der Waals surface area contributed by atoms with Crippen LogP contribution in [0, 0.1) is 30.6 Å². The van der Waals surface area contributed by atoms with E-state index in [0.29, 0.717) is 24.0 Å². The van der Waals surface area contributed by atoms with Gasteiger partial charge in [0.15, 0.2) is 0 Å². The first kappa shape index (κ1) is 48.3. The van der Waals surface area contributed by atoms with Gasteiger partial charge in [-0.15, -0.1) is 5.92 Å². The van der Waals surface area contributed by atoms with E-state index in [1.165, 1.54) is 0 Å². The van der Waals surface area contributed by atoms with E-state index in [4.69, 9.17) is 19.7 Å². The second kappa shape index (κ2) is 27.0. The second-order valence-corrected chi connectivity index (χ2v) is 10.5. The SMILES string of the molecule is CC#Cc1ccc(C#Cc2ccc(C)c(C(=O)NCCOCCOCC(=O)NCCCCC(C(=O)O)N(CC(=O)O)CC(=O)O)c2)cc1.O.O.[Ni]. The summed E-state index contributed by atoms with van der Waals surface area (Å²) in [7, 11) is 0. The summed E-state index contributed by atoms with van der Waals surface area (Å²) in [6.45, 7) is 3.10. The first-order chi connectivity index (χ1) is 23.0. The number of aryl methyl sites for hydroxylation is 1. The fraction of sp³-hybridized carbons (Fsp3) is 0.400. The number of aliphatic carboxylic acids is 3. The quantitative estimate of drug-likeness (QED) is 0.0687. The summed E-state index contributed by atoms with van der Waals surface area (Å²) in [6.07, 6.45) is 0.744. The summed E-state index contributed by atoms with van der Waals surface area (Å²) in [4.78, 5) is 59.1. The maximum absolute atomic E-state index is 12.7. The van der Waals surface area contributed by atoms with Gasteiger partial charge < -0.3 is 46.4 Å². The summed E-state index contributed by atoms with van der Waals surface area (Å²) in [5.74, 6) is 7.43. The van der Waals surface area contributed by atoms with Gasteiger partial charge in [0.2, 0.25) is 5.91 Å². The van der Waals surface area contributed by atoms with E-state index in [9.17, 15) is 29.1 Å². The fourth-order valence-electron chi connectivity index (χ4n) is 4.41. The summed E-state index contributed by atoms with van der Waals surface area (Å²) in [5, 5.41) is 32.8. The van der Waals surface area contributed by atoms with Crippen LogP contribution in [0.5, 0.6) is 0 Å². The van der Waals surface area contributed by atoms with Gasteiger partial charge in [-0.2, -0.15) is 0 Å². The molecular formula is C35H45N3NiO12. The molecule has 51 heavy (non-hydrogen) atoms. The number of carbonyl (C=O) groups is 5. The minimum absolute atomic E-state index is 0. The molecule has 1 atom stereocenters. The number of ether oxygens (including phenoxy) is 2. The first-order valence-corrected chi connectivity index (χ1v) is 15.3. The molecule has 2 rings (SSSR count). The number of hydrogen-bond donors (Lipinski definition) is 5. The van der Waals surface area contributed by atoms with Gasteiger partial charge in [0.05, 0.1) is 32.9 Å². The zero-order valence-electron chi connectivity index (χ0n) is 28.4. The van der Waals surface area contributed by atoms with Gasteiger partial charge in [0.1, 0.15) is 12.6 Å². The van der Waals surface area contributed by atoms with Crippen LogP contribution in [0.2, 0.25) is 0 Å². The maximum atomic E-state index is 12.7. The van der Waals surface area contributed by atoms with Crippen LogP contribution < -0.4 is 10.6 Å². The number of nitrogens with one attached hydrogen (secondary N) is 2. The van der Waals surface area contributed by atoms with E-state index in [0.717, 1.165) is 21.6 Å². The van der Waals surface area contributed by atoms with Gasteiger partial charge in [-0.05, 0) is 75.1 Å². The van der Waals surface area contributed by atoms with Crippen molar-refractivity contribution in [3.63, 3.8) is 0 Å². The first-order valence-electron chi connectivity index (χ1n) is 15.3. The topological polar surface area (TPSA) is 255 Å². The molecule has 0 aliphatic heterocycles. The summed E-state index contributed by atoms with van der Waals surface area (Å²) in [5.41, 5.74) is 3.81. The van der Waals surface area contributed by atoms with Gasteiger partial charge in [0.25, 0.3) is 5.91 Å². The number of amides is 2. The molecule has 9 N–H and O–H groups in total. The third-order valence-corrected chi connectivity index (χ3v) is 6.75. The van der Waals surface area contributed by atoms with Crippen molar-refractivity contribution in [2.45, 2.75) is 39.2 Å². The monoisotopic (exact) mass is 757 g/mol. The Bertz CT molecular complexity index is 1530. The summed E-state index contributed by atoms with van der Waals surface area (Å²) in [6, 6.07) is 11.8. The Balaban J connectivity index is 0. The third kappa shape index (κ3) is 19.8. The number of carbonyl (C=O) groups excluding carboxylic acids is 2. The zero-order valence-corrected chi connectivity index (χ0v) is 29.3. The van der Waals surface area contributed by atoms with Crippen molar-refractivity contribution in [1.29, 1.82) is 0 Å². The molecule has 1 unspecified atom stereocenters. The average Bonchev–Trinajstić information content (AvgIpc) is 3.03. The Morgan fingerprint density at radius 2 is 1.33 bits per heavy atom. The van der Waals surface area contributed by atoms with Gasteiger partial charge >= 0.3 is 17.9 Å². The minimum atomic E-state index is -1.33. The van der Waals surface area contributed by atoms with Crippen molar-refractivity contribution in [2.75, 3.05) is 52.6 Å². The van der Waals surface area contributed by atoms with E-state index in [1.807, 2.05) is 43.3 Å². The van der Waals surface area contributed by atoms with Crippen LogP contribution >= 0.6 is 0 Å². The van der Waals surface area contributed by atoms with Gasteiger partial charge in [-0.25, -0.2) is 0 Å². The van der Waals surface area contributed by atoms with Crippen LogP contribution in [-0.2, 0) is 45.1 Å². The zero-order chi connectivity index (χ0) is 35.3. The predicted octanol–water partition coefficient (Wildman–Crippen LogP) is 0.0882. The molecule has 0 aromatic heterocycles. The second-order valence-electron chi connectivity index (χ2n) is 10.5. The van der Waals surface area contributed by atoms with Crippen LogP contribution in [0.3, 0.4) is 0 Å². The maximum Gasteiger partial charge on any atom is 0.320 e. The number of benzene rings is 2. The molecule has 0 saturated heterocycles. The molecule has 0 fully saturated rings. The fourth-order valence-corrected chi connectivity index (χ4v) is 4.41. The van der Waals surface area contributed by atoms with E-state index in [-0.39, 0.29) is 85.2 Å². The Labute approximate surface area is 306 Å². The normalized spacial score (nSPS) is 10.3. The van der Waals surface area contributed by atoms with Crippen molar-refractivity contribution in [1.82, 2.24) is 15.5 Å². The molecule has 282 valence electrons. The molecule has 0 aliphatic carbocycles. The third-order valence-electron chi connectivity index (χ3n) is 6.75. The number of nitrogens with zero attached hydrogens (tertiary/aromatic N) is 1. The van der Waals surface area contributed by atoms with Crippen molar-refractivity contribution < 1.29 is 76.2 Å². The Morgan fingerprint density at radius 1 is 0.765 bits per heavy atom. The van der Waals surface area contributed by atoms with Crippen LogP contribution in [0.4, 0.5) is 0 Å². The van der Waals surface area contributed by atoms with Crippen molar-refractivity contribution in [3.05, 3.63) is 70.3 Å². The Kier molecular flexibility index (Phi) is 25.6. The van der Waals surface area contributed by atoms with Gasteiger partial charge in [-0.1, -0.05) is 23.8 Å². The number of unbranched alkanes of at least 4 members (excludes halogenated alkanes) is 1. The van der Waals surface area contributed by atoms with E-state index in [2.05, 4.69) is 34.3 Å². The van der Waals surface area contributed by atoms with Gasteiger partial charge in [0, 0.05) is 51.8 Å². The standard InChI is InChI=1S/C35H41N3O10.Ni.2H2O/c1-3-6-26-10-12-27(13-11-26)14-15-28-9-8-25(2)29(21-28)34(44)37-17-18-47-19-20-48-24-31(39)36-16-5-4-7-30(35(45)46)38(22-32(40)41)23-33(42)43;;;/h8-13,21,30H,4-5,7,16-20,22-24H2,1-2H3,(H,36,39)(H,37,44)(H,40,41)(H,42,43)(H,45,46);;2*1H2. The average molecular weight is 758 g/mol. The number of carboxylic acids is 3. The van der Waals surface area contributed by atoms with Crippen molar-refractivity contribution >= 4 is 29.7 Å². The molecule has 0 aliphatic rings. The van der Waals surface area contributed by atoms with Gasteiger partial charge in [-0.3, -0.25) is 28.9 Å². The molecular weight excluding hydrogens is 713 g/mol. The van der Waals surface area contributed by atoms with Crippen molar-refractivity contribution in [2.24, 2.45) is 0 Å².